The molecule has 2 heteroatoms. The summed E-state index contributed by atoms with van der Waals surface area (Å²) in [5.41, 5.74) is 4.06. The fourth-order valence-electron chi connectivity index (χ4n) is 1.59. The maximum atomic E-state index is 3.54. The molecule has 0 amide bonds. The van der Waals surface area contributed by atoms with E-state index in [2.05, 4.69) is 63.5 Å². The van der Waals surface area contributed by atoms with Crippen LogP contribution in [0.25, 0.3) is 0 Å². The van der Waals surface area contributed by atoms with Gasteiger partial charge in [-0.1, -0.05) is 26.0 Å². The fourth-order valence-corrected chi connectivity index (χ4v) is 1.59. The minimum atomic E-state index is 0.111. The zero-order valence-corrected chi connectivity index (χ0v) is 12.0. The van der Waals surface area contributed by atoms with Crippen molar-refractivity contribution >= 4 is 5.69 Å². The summed E-state index contributed by atoms with van der Waals surface area (Å²) in [6.07, 6.45) is 0. The molecule has 17 heavy (non-hydrogen) atoms. The average Bonchev–Trinajstić information content (AvgIpc) is 2.27. The SMILES string of the molecule is CNC(C)(C)CNc1cc(C(C)C)ccc1C. The molecule has 0 fully saturated rings. The van der Waals surface area contributed by atoms with Crippen molar-refractivity contribution in [1.29, 1.82) is 0 Å². The molecule has 0 aliphatic heterocycles. The Morgan fingerprint density at radius 3 is 2.41 bits per heavy atom. The molecule has 1 aromatic rings. The Bertz CT molecular complexity index is 367. The van der Waals surface area contributed by atoms with E-state index in [1.54, 1.807) is 0 Å². The Morgan fingerprint density at radius 1 is 1.24 bits per heavy atom. The summed E-state index contributed by atoms with van der Waals surface area (Å²) in [6, 6.07) is 6.68. The van der Waals surface area contributed by atoms with Gasteiger partial charge in [0.1, 0.15) is 0 Å². The summed E-state index contributed by atoms with van der Waals surface area (Å²) in [6.45, 7) is 11.9. The second kappa shape index (κ2) is 5.54. The van der Waals surface area contributed by atoms with Gasteiger partial charge in [-0.05, 0) is 50.9 Å². The molecule has 96 valence electrons. The normalized spacial score (nSPS) is 11.9. The van der Waals surface area contributed by atoms with Gasteiger partial charge in [0.25, 0.3) is 0 Å². The van der Waals surface area contributed by atoms with Gasteiger partial charge in [0.2, 0.25) is 0 Å². The first-order valence-electron chi connectivity index (χ1n) is 6.39. The van der Waals surface area contributed by atoms with Crippen molar-refractivity contribution in [2.75, 3.05) is 18.9 Å². The van der Waals surface area contributed by atoms with Crippen LogP contribution in [0, 0.1) is 6.92 Å². The lowest BCUT2D eigenvalue weighted by molar-refractivity contribution is 0.448. The van der Waals surface area contributed by atoms with E-state index in [1.165, 1.54) is 16.8 Å². The number of nitrogens with one attached hydrogen (secondary N) is 2. The van der Waals surface area contributed by atoms with Gasteiger partial charge in [-0.15, -0.1) is 0 Å². The maximum absolute atomic E-state index is 3.54. The van der Waals surface area contributed by atoms with E-state index in [1.807, 2.05) is 7.05 Å². The van der Waals surface area contributed by atoms with Crippen molar-refractivity contribution in [3.05, 3.63) is 29.3 Å². The molecular formula is C15H26N2. The third-order valence-corrected chi connectivity index (χ3v) is 3.33. The van der Waals surface area contributed by atoms with E-state index < -0.39 is 0 Å². The van der Waals surface area contributed by atoms with Crippen LogP contribution in [-0.2, 0) is 0 Å². The maximum Gasteiger partial charge on any atom is 0.0373 e. The zero-order chi connectivity index (χ0) is 13.1. The number of anilines is 1. The van der Waals surface area contributed by atoms with Gasteiger partial charge in [0, 0.05) is 17.8 Å². The molecule has 1 aromatic carbocycles. The minimum absolute atomic E-state index is 0.111. The summed E-state index contributed by atoms with van der Waals surface area (Å²) in [7, 11) is 2.00. The summed E-state index contributed by atoms with van der Waals surface area (Å²) >= 11 is 0. The molecule has 2 nitrogen and oxygen atoms in total. The molecule has 0 heterocycles. The molecule has 0 saturated carbocycles. The van der Waals surface area contributed by atoms with E-state index in [-0.39, 0.29) is 5.54 Å². The molecule has 0 unspecified atom stereocenters. The van der Waals surface area contributed by atoms with Crippen LogP contribution in [0.2, 0.25) is 0 Å². The largest absolute Gasteiger partial charge is 0.383 e. The standard InChI is InChI=1S/C15H26N2/c1-11(2)13-8-7-12(3)14(9-13)17-10-15(4,5)16-6/h7-9,11,16-17H,10H2,1-6H3. The summed E-state index contributed by atoms with van der Waals surface area (Å²) in [4.78, 5) is 0. The van der Waals surface area contributed by atoms with Crippen LogP contribution in [0.15, 0.2) is 18.2 Å². The lowest BCUT2D eigenvalue weighted by Crippen LogP contribution is -2.42. The Balaban J connectivity index is 2.80. The van der Waals surface area contributed by atoms with Crippen molar-refractivity contribution in [3.8, 4) is 0 Å². The molecule has 0 saturated heterocycles. The smallest absolute Gasteiger partial charge is 0.0373 e. The quantitative estimate of drug-likeness (QED) is 0.814. The lowest BCUT2D eigenvalue weighted by Gasteiger charge is -2.25. The highest BCUT2D eigenvalue weighted by Crippen LogP contribution is 2.22. The first-order chi connectivity index (χ1) is 7.85. The van der Waals surface area contributed by atoms with Crippen LogP contribution < -0.4 is 10.6 Å². The van der Waals surface area contributed by atoms with Crippen molar-refractivity contribution in [1.82, 2.24) is 5.32 Å². The van der Waals surface area contributed by atoms with Gasteiger partial charge in [-0.2, -0.15) is 0 Å². The highest BCUT2D eigenvalue weighted by atomic mass is 15.0. The van der Waals surface area contributed by atoms with Crippen LogP contribution in [0.4, 0.5) is 5.69 Å². The molecule has 0 spiro atoms. The van der Waals surface area contributed by atoms with Crippen molar-refractivity contribution < 1.29 is 0 Å². The Morgan fingerprint density at radius 2 is 1.88 bits per heavy atom. The topological polar surface area (TPSA) is 24.1 Å². The number of aryl methyl sites for hydroxylation is 1. The zero-order valence-electron chi connectivity index (χ0n) is 12.0. The number of likely N-dealkylation sites (N-methyl/N-ethyl adjacent to an activating group) is 1. The molecule has 0 radical (unpaired) electrons. The van der Waals surface area contributed by atoms with Crippen LogP contribution in [0.1, 0.15) is 44.7 Å². The van der Waals surface area contributed by atoms with Crippen molar-refractivity contribution in [3.63, 3.8) is 0 Å². The number of rotatable bonds is 5. The first-order valence-corrected chi connectivity index (χ1v) is 6.39. The van der Waals surface area contributed by atoms with Gasteiger partial charge in [0.05, 0.1) is 0 Å². The predicted molar refractivity (Wildman–Crippen MR) is 76.9 cm³/mol. The Hall–Kier alpha value is -1.02. The molecule has 0 aromatic heterocycles. The summed E-state index contributed by atoms with van der Waals surface area (Å²) in [5, 5.41) is 6.84. The van der Waals surface area contributed by atoms with Crippen LogP contribution >= 0.6 is 0 Å². The summed E-state index contributed by atoms with van der Waals surface area (Å²) < 4.78 is 0. The van der Waals surface area contributed by atoms with Gasteiger partial charge in [-0.25, -0.2) is 0 Å². The van der Waals surface area contributed by atoms with Gasteiger partial charge >= 0.3 is 0 Å². The predicted octanol–water partition coefficient (Wildman–Crippen LogP) is 3.53. The highest BCUT2D eigenvalue weighted by Gasteiger charge is 2.14. The van der Waals surface area contributed by atoms with Crippen LogP contribution in [-0.4, -0.2) is 19.1 Å². The van der Waals surface area contributed by atoms with E-state index >= 15 is 0 Å². The van der Waals surface area contributed by atoms with Gasteiger partial charge in [-0.3, -0.25) is 0 Å². The van der Waals surface area contributed by atoms with Crippen LogP contribution in [0.3, 0.4) is 0 Å². The average molecular weight is 234 g/mol. The molecular weight excluding hydrogens is 208 g/mol. The second-order valence-corrected chi connectivity index (χ2v) is 5.72. The fraction of sp³-hybridized carbons (Fsp3) is 0.600. The van der Waals surface area contributed by atoms with E-state index in [0.29, 0.717) is 5.92 Å². The monoisotopic (exact) mass is 234 g/mol. The van der Waals surface area contributed by atoms with E-state index in [4.69, 9.17) is 0 Å². The van der Waals surface area contributed by atoms with E-state index in [9.17, 15) is 0 Å². The molecule has 0 atom stereocenters. The molecule has 0 aliphatic rings. The molecule has 2 N–H and O–H groups in total. The van der Waals surface area contributed by atoms with Crippen molar-refractivity contribution in [2.24, 2.45) is 0 Å². The summed E-state index contributed by atoms with van der Waals surface area (Å²) in [5.74, 6) is 0.577. The lowest BCUT2D eigenvalue weighted by atomic mass is 10.00. The molecule has 1 rings (SSSR count). The van der Waals surface area contributed by atoms with Crippen molar-refractivity contribution in [2.45, 2.75) is 46.1 Å². The number of hydrogen-bond donors (Lipinski definition) is 2. The third-order valence-electron chi connectivity index (χ3n) is 3.33. The van der Waals surface area contributed by atoms with Gasteiger partial charge in [0.15, 0.2) is 0 Å². The second-order valence-electron chi connectivity index (χ2n) is 5.72. The third kappa shape index (κ3) is 4.04. The first kappa shape index (κ1) is 14.0. The number of hydrogen-bond acceptors (Lipinski definition) is 2. The number of benzene rings is 1. The Kier molecular flexibility index (Phi) is 4.58. The van der Waals surface area contributed by atoms with E-state index in [0.717, 1.165) is 6.54 Å². The Labute approximate surface area is 106 Å². The van der Waals surface area contributed by atoms with Crippen LogP contribution in [0.5, 0.6) is 0 Å². The van der Waals surface area contributed by atoms with Gasteiger partial charge < -0.3 is 10.6 Å². The molecule has 0 bridgehead atoms. The highest BCUT2D eigenvalue weighted by molar-refractivity contribution is 5.53. The molecule has 0 aliphatic carbocycles. The minimum Gasteiger partial charge on any atom is -0.383 e.